The average molecular weight is 399 g/mol. The Bertz CT molecular complexity index is 1160. The Morgan fingerprint density at radius 3 is 2.43 bits per heavy atom. The number of nitrogens with one attached hydrogen (secondary N) is 1. The Kier molecular flexibility index (Phi) is 5.53. The highest BCUT2D eigenvalue weighted by atomic mass is 16.1. The monoisotopic (exact) mass is 398 g/mol. The minimum absolute atomic E-state index is 0.0852. The van der Waals surface area contributed by atoms with Gasteiger partial charge in [-0.15, -0.1) is 0 Å². The zero-order valence-electron chi connectivity index (χ0n) is 17.6. The Morgan fingerprint density at radius 2 is 1.70 bits per heavy atom. The van der Waals surface area contributed by atoms with Gasteiger partial charge in [0.25, 0.3) is 5.91 Å². The summed E-state index contributed by atoms with van der Waals surface area (Å²) in [5.41, 5.74) is 7.07. The van der Waals surface area contributed by atoms with E-state index in [-0.39, 0.29) is 5.91 Å². The summed E-state index contributed by atoms with van der Waals surface area (Å²) in [6.07, 6.45) is 3.97. The largest absolute Gasteiger partial charge is 0.348 e. The minimum atomic E-state index is -0.0852. The molecule has 0 aliphatic rings. The molecule has 0 aliphatic carbocycles. The summed E-state index contributed by atoms with van der Waals surface area (Å²) >= 11 is 0. The van der Waals surface area contributed by atoms with Gasteiger partial charge in [0.1, 0.15) is 0 Å². The molecule has 0 fully saturated rings. The molecular formula is C25H26N4O. The molecule has 2 aromatic heterocycles. The van der Waals surface area contributed by atoms with E-state index in [1.54, 1.807) is 0 Å². The van der Waals surface area contributed by atoms with Crippen LogP contribution in [0, 0.1) is 20.8 Å². The van der Waals surface area contributed by atoms with E-state index >= 15 is 0 Å². The second-order valence-corrected chi connectivity index (χ2v) is 7.57. The maximum absolute atomic E-state index is 12.8. The molecule has 0 saturated carbocycles. The fourth-order valence-corrected chi connectivity index (χ4v) is 3.69. The SMILES string of the molecule is Cc1ccc(C(=O)NCc2c(C)nn(Cc3ccccc3)c2C)cc1-n1cccc1. The van der Waals surface area contributed by atoms with Gasteiger partial charge in [0, 0.05) is 41.4 Å². The fraction of sp³-hybridized carbons (Fsp3) is 0.200. The molecule has 5 nitrogen and oxygen atoms in total. The summed E-state index contributed by atoms with van der Waals surface area (Å²) in [5, 5.41) is 7.74. The second-order valence-electron chi connectivity index (χ2n) is 7.57. The van der Waals surface area contributed by atoms with Crippen LogP contribution in [-0.2, 0) is 13.1 Å². The number of benzene rings is 2. The van der Waals surface area contributed by atoms with Crippen LogP contribution in [0.15, 0.2) is 73.1 Å². The first kappa shape index (κ1) is 19.7. The van der Waals surface area contributed by atoms with E-state index in [0.29, 0.717) is 12.1 Å². The van der Waals surface area contributed by atoms with Crippen LogP contribution in [0.25, 0.3) is 5.69 Å². The molecule has 0 aliphatic heterocycles. The third kappa shape index (κ3) is 4.06. The van der Waals surface area contributed by atoms with Gasteiger partial charge in [0.2, 0.25) is 0 Å². The predicted octanol–water partition coefficient (Wildman–Crippen LogP) is 4.58. The van der Waals surface area contributed by atoms with Crippen molar-refractivity contribution in [2.24, 2.45) is 0 Å². The second kappa shape index (κ2) is 8.41. The van der Waals surface area contributed by atoms with Crippen LogP contribution >= 0.6 is 0 Å². The number of carbonyl (C=O) groups excluding carboxylic acids is 1. The molecule has 0 saturated heterocycles. The number of hydrogen-bond donors (Lipinski definition) is 1. The van der Waals surface area contributed by atoms with Crippen LogP contribution in [0.2, 0.25) is 0 Å². The third-order valence-corrected chi connectivity index (χ3v) is 5.49. The first-order valence-electron chi connectivity index (χ1n) is 10.1. The van der Waals surface area contributed by atoms with Crippen molar-refractivity contribution in [2.45, 2.75) is 33.9 Å². The van der Waals surface area contributed by atoms with Crippen molar-refractivity contribution in [1.29, 1.82) is 0 Å². The number of hydrogen-bond acceptors (Lipinski definition) is 2. The van der Waals surface area contributed by atoms with Gasteiger partial charge < -0.3 is 9.88 Å². The van der Waals surface area contributed by atoms with E-state index < -0.39 is 0 Å². The molecule has 1 amide bonds. The lowest BCUT2D eigenvalue weighted by atomic mass is 10.1. The molecule has 152 valence electrons. The van der Waals surface area contributed by atoms with Crippen LogP contribution in [0.3, 0.4) is 0 Å². The Hall–Kier alpha value is -3.60. The molecule has 0 spiro atoms. The van der Waals surface area contributed by atoms with Crippen LogP contribution in [0.1, 0.15) is 38.4 Å². The molecule has 0 bridgehead atoms. The lowest BCUT2D eigenvalue weighted by molar-refractivity contribution is 0.0951. The van der Waals surface area contributed by atoms with Gasteiger partial charge in [-0.3, -0.25) is 9.48 Å². The summed E-state index contributed by atoms with van der Waals surface area (Å²) in [7, 11) is 0. The number of rotatable bonds is 6. The van der Waals surface area contributed by atoms with E-state index in [0.717, 1.165) is 34.7 Å². The Morgan fingerprint density at radius 1 is 0.967 bits per heavy atom. The maximum atomic E-state index is 12.8. The van der Waals surface area contributed by atoms with Crippen LogP contribution < -0.4 is 5.32 Å². The molecule has 2 heterocycles. The van der Waals surface area contributed by atoms with Crippen molar-refractivity contribution in [3.63, 3.8) is 0 Å². The molecule has 0 radical (unpaired) electrons. The Labute approximate surface area is 177 Å². The molecule has 5 heteroatoms. The minimum Gasteiger partial charge on any atom is -0.348 e. The van der Waals surface area contributed by atoms with Gasteiger partial charge >= 0.3 is 0 Å². The zero-order valence-corrected chi connectivity index (χ0v) is 17.6. The molecule has 0 atom stereocenters. The molecule has 4 rings (SSSR count). The number of aryl methyl sites for hydroxylation is 2. The van der Waals surface area contributed by atoms with Crippen LogP contribution in [0.4, 0.5) is 0 Å². The molecule has 30 heavy (non-hydrogen) atoms. The van der Waals surface area contributed by atoms with Crippen molar-refractivity contribution in [1.82, 2.24) is 19.7 Å². The van der Waals surface area contributed by atoms with Crippen LogP contribution in [-0.4, -0.2) is 20.3 Å². The zero-order chi connectivity index (χ0) is 21.1. The number of carbonyl (C=O) groups is 1. The maximum Gasteiger partial charge on any atom is 0.251 e. The van der Waals surface area contributed by atoms with E-state index in [1.165, 1.54) is 5.56 Å². The molecule has 2 aromatic carbocycles. The normalized spacial score (nSPS) is 10.9. The van der Waals surface area contributed by atoms with Gasteiger partial charge in [-0.1, -0.05) is 36.4 Å². The van der Waals surface area contributed by atoms with Crippen molar-refractivity contribution < 1.29 is 4.79 Å². The van der Waals surface area contributed by atoms with Gasteiger partial charge in [0.05, 0.1) is 12.2 Å². The van der Waals surface area contributed by atoms with Gasteiger partial charge in [-0.2, -0.15) is 5.10 Å². The number of nitrogens with zero attached hydrogens (tertiary/aromatic N) is 3. The summed E-state index contributed by atoms with van der Waals surface area (Å²) in [6, 6.07) is 20.0. The van der Waals surface area contributed by atoms with E-state index in [2.05, 4.69) is 29.5 Å². The molecule has 4 aromatic rings. The summed E-state index contributed by atoms with van der Waals surface area (Å²) in [6.45, 7) is 7.27. The Balaban J connectivity index is 1.49. The van der Waals surface area contributed by atoms with E-state index in [4.69, 9.17) is 0 Å². The van der Waals surface area contributed by atoms with E-state index in [1.807, 2.05) is 84.0 Å². The summed E-state index contributed by atoms with van der Waals surface area (Å²) in [5.74, 6) is -0.0852. The first-order valence-corrected chi connectivity index (χ1v) is 10.1. The van der Waals surface area contributed by atoms with Crippen molar-refractivity contribution >= 4 is 5.91 Å². The summed E-state index contributed by atoms with van der Waals surface area (Å²) < 4.78 is 4.02. The highest BCUT2D eigenvalue weighted by molar-refractivity contribution is 5.94. The molecule has 1 N–H and O–H groups in total. The smallest absolute Gasteiger partial charge is 0.251 e. The van der Waals surface area contributed by atoms with Gasteiger partial charge in [-0.05, 0) is 56.2 Å². The first-order chi connectivity index (χ1) is 14.5. The van der Waals surface area contributed by atoms with Gasteiger partial charge in [0.15, 0.2) is 0 Å². The average Bonchev–Trinajstić information content (AvgIpc) is 3.37. The topological polar surface area (TPSA) is 51.9 Å². The van der Waals surface area contributed by atoms with Gasteiger partial charge in [-0.25, -0.2) is 0 Å². The standard InChI is InChI=1S/C25H26N4O/c1-18-11-12-22(15-24(18)28-13-7-8-14-28)25(30)26-16-23-19(2)27-29(20(23)3)17-21-9-5-4-6-10-21/h4-15H,16-17H2,1-3H3,(H,26,30). The van der Waals surface area contributed by atoms with Crippen molar-refractivity contribution in [3.05, 3.63) is 107 Å². The van der Waals surface area contributed by atoms with Crippen molar-refractivity contribution in [3.8, 4) is 5.69 Å². The highest BCUT2D eigenvalue weighted by Gasteiger charge is 2.14. The highest BCUT2D eigenvalue weighted by Crippen LogP contribution is 2.18. The number of amides is 1. The predicted molar refractivity (Wildman–Crippen MR) is 119 cm³/mol. The van der Waals surface area contributed by atoms with Crippen molar-refractivity contribution in [2.75, 3.05) is 0 Å². The fourth-order valence-electron chi connectivity index (χ4n) is 3.69. The number of aromatic nitrogens is 3. The summed E-state index contributed by atoms with van der Waals surface area (Å²) in [4.78, 5) is 12.8. The molecular weight excluding hydrogens is 372 g/mol. The lowest BCUT2D eigenvalue weighted by Crippen LogP contribution is -2.23. The third-order valence-electron chi connectivity index (χ3n) is 5.49. The quantitative estimate of drug-likeness (QED) is 0.517. The van der Waals surface area contributed by atoms with E-state index in [9.17, 15) is 4.79 Å². The van der Waals surface area contributed by atoms with Crippen LogP contribution in [0.5, 0.6) is 0 Å². The lowest BCUT2D eigenvalue weighted by Gasteiger charge is -2.11. The molecule has 0 unspecified atom stereocenters.